The Kier molecular flexibility index (Phi) is 15.3. The number of unbranched alkanes of at least 4 members (excludes halogenated alkanes) is 12. The Balaban J connectivity index is 2.00. The molecule has 0 fully saturated rings. The Morgan fingerprint density at radius 3 is 1.97 bits per heavy atom. The predicted molar refractivity (Wildman–Crippen MR) is 127 cm³/mol. The summed E-state index contributed by atoms with van der Waals surface area (Å²) in [5, 5.41) is 2.68. The third-order valence-corrected chi connectivity index (χ3v) is 5.53. The van der Waals surface area contributed by atoms with Gasteiger partial charge >= 0.3 is 5.97 Å². The lowest BCUT2D eigenvalue weighted by molar-refractivity contribution is -0.145. The van der Waals surface area contributed by atoms with Crippen LogP contribution in [-0.2, 0) is 9.53 Å². The largest absolute Gasteiger partial charge is 0.497 e. The van der Waals surface area contributed by atoms with E-state index in [1.54, 1.807) is 38.3 Å². The Bertz CT molecular complexity index is 617. The van der Waals surface area contributed by atoms with Crippen molar-refractivity contribution in [2.45, 2.75) is 103 Å². The van der Waals surface area contributed by atoms with Gasteiger partial charge in [-0.2, -0.15) is 0 Å². The van der Waals surface area contributed by atoms with Gasteiger partial charge in [0, 0.05) is 5.56 Å². The van der Waals surface area contributed by atoms with Crippen molar-refractivity contribution in [1.29, 1.82) is 0 Å². The van der Waals surface area contributed by atoms with E-state index in [1.807, 2.05) is 0 Å². The second kappa shape index (κ2) is 17.6. The van der Waals surface area contributed by atoms with Crippen LogP contribution in [0, 0.1) is 0 Å². The van der Waals surface area contributed by atoms with Crippen LogP contribution < -0.4 is 10.1 Å². The zero-order valence-electron chi connectivity index (χ0n) is 19.9. The lowest BCUT2D eigenvalue weighted by Gasteiger charge is -2.14. The Hall–Kier alpha value is -2.04. The van der Waals surface area contributed by atoms with E-state index >= 15 is 0 Å². The number of hydrogen-bond acceptors (Lipinski definition) is 4. The molecule has 5 heteroatoms. The predicted octanol–water partition coefficient (Wildman–Crippen LogP) is 6.45. The number of benzene rings is 1. The lowest BCUT2D eigenvalue weighted by Crippen LogP contribution is -2.39. The number of esters is 1. The number of methoxy groups -OCH3 is 1. The molecule has 0 saturated carbocycles. The molecule has 0 aliphatic rings. The molecule has 0 spiro atoms. The van der Waals surface area contributed by atoms with Crippen molar-refractivity contribution in [3.8, 4) is 5.75 Å². The first-order valence-corrected chi connectivity index (χ1v) is 12.2. The number of hydrogen-bond donors (Lipinski definition) is 1. The first kappa shape index (κ1) is 27.0. The van der Waals surface area contributed by atoms with Crippen LogP contribution in [0.5, 0.6) is 5.75 Å². The zero-order chi connectivity index (χ0) is 22.7. The summed E-state index contributed by atoms with van der Waals surface area (Å²) in [5.41, 5.74) is 0.454. The molecule has 1 aromatic carbocycles. The Labute approximate surface area is 189 Å². The summed E-state index contributed by atoms with van der Waals surface area (Å²) >= 11 is 0. The summed E-state index contributed by atoms with van der Waals surface area (Å²) in [4.78, 5) is 24.3. The minimum Gasteiger partial charge on any atom is -0.497 e. The third-order valence-electron chi connectivity index (χ3n) is 5.53. The van der Waals surface area contributed by atoms with Crippen molar-refractivity contribution >= 4 is 11.9 Å². The molecule has 1 amide bonds. The maximum absolute atomic E-state index is 12.3. The van der Waals surface area contributed by atoms with E-state index in [-0.39, 0.29) is 5.91 Å². The molecule has 0 aliphatic carbocycles. The molecule has 31 heavy (non-hydrogen) atoms. The quantitative estimate of drug-likeness (QED) is 0.213. The van der Waals surface area contributed by atoms with Gasteiger partial charge in [0.2, 0.25) is 0 Å². The highest BCUT2D eigenvalue weighted by atomic mass is 16.5. The molecule has 0 radical (unpaired) electrons. The SMILES string of the molecule is CCCCCCCCCCCCCCCOC(=O)[C@H](C)NC(=O)c1cccc(OC)c1. The molecule has 0 aliphatic heterocycles. The number of rotatable bonds is 18. The summed E-state index contributed by atoms with van der Waals surface area (Å²) in [6.07, 6.45) is 16.7. The normalized spacial score (nSPS) is 11.7. The molecule has 1 rings (SSSR count). The highest BCUT2D eigenvalue weighted by molar-refractivity contribution is 5.97. The highest BCUT2D eigenvalue weighted by Gasteiger charge is 2.18. The molecule has 0 unspecified atom stereocenters. The maximum atomic E-state index is 12.3. The molecule has 0 saturated heterocycles. The molecule has 0 bridgehead atoms. The van der Waals surface area contributed by atoms with E-state index in [0.29, 0.717) is 17.9 Å². The fraction of sp³-hybridized carbons (Fsp3) is 0.692. The molecule has 5 nitrogen and oxygen atoms in total. The van der Waals surface area contributed by atoms with Crippen LogP contribution in [0.1, 0.15) is 108 Å². The molecule has 0 aromatic heterocycles. The minimum absolute atomic E-state index is 0.315. The van der Waals surface area contributed by atoms with Crippen molar-refractivity contribution < 1.29 is 19.1 Å². The number of ether oxygens (including phenoxy) is 2. The number of carbonyl (C=O) groups is 2. The van der Waals surface area contributed by atoms with E-state index in [1.165, 1.54) is 70.6 Å². The second-order valence-electron chi connectivity index (χ2n) is 8.34. The van der Waals surface area contributed by atoms with Gasteiger partial charge in [0.1, 0.15) is 11.8 Å². The first-order chi connectivity index (χ1) is 15.1. The van der Waals surface area contributed by atoms with Crippen LogP contribution in [0.15, 0.2) is 24.3 Å². The van der Waals surface area contributed by atoms with Crippen LogP contribution in [0.25, 0.3) is 0 Å². The molecular formula is C26H43NO4. The smallest absolute Gasteiger partial charge is 0.328 e. The summed E-state index contributed by atoms with van der Waals surface area (Å²) in [6.45, 7) is 4.31. The Morgan fingerprint density at radius 2 is 1.42 bits per heavy atom. The summed E-state index contributed by atoms with van der Waals surface area (Å²) in [6, 6.07) is 6.15. The molecule has 0 heterocycles. The average molecular weight is 434 g/mol. The van der Waals surface area contributed by atoms with Crippen molar-refractivity contribution in [2.24, 2.45) is 0 Å². The summed E-state index contributed by atoms with van der Waals surface area (Å²) in [7, 11) is 1.55. The average Bonchev–Trinajstić information content (AvgIpc) is 2.79. The van der Waals surface area contributed by atoms with E-state index in [0.717, 1.165) is 12.8 Å². The number of nitrogens with one attached hydrogen (secondary N) is 1. The van der Waals surface area contributed by atoms with E-state index in [2.05, 4.69) is 12.2 Å². The van der Waals surface area contributed by atoms with E-state index < -0.39 is 12.0 Å². The van der Waals surface area contributed by atoms with Crippen LogP contribution in [0.2, 0.25) is 0 Å². The monoisotopic (exact) mass is 433 g/mol. The molecule has 176 valence electrons. The molecule has 1 atom stereocenters. The second-order valence-corrected chi connectivity index (χ2v) is 8.34. The van der Waals surface area contributed by atoms with Gasteiger partial charge in [0.15, 0.2) is 0 Å². The summed E-state index contributed by atoms with van der Waals surface area (Å²) < 4.78 is 10.4. The first-order valence-electron chi connectivity index (χ1n) is 12.2. The molecule has 1 aromatic rings. The standard InChI is InChI=1S/C26H43NO4/c1-4-5-6-7-8-9-10-11-12-13-14-15-16-20-31-26(29)22(2)27-25(28)23-18-17-19-24(21-23)30-3/h17-19,21-22H,4-16,20H2,1-3H3,(H,27,28)/t22-/m0/s1. The fourth-order valence-electron chi connectivity index (χ4n) is 3.52. The van der Waals surface area contributed by atoms with Gasteiger partial charge in [-0.05, 0) is 31.5 Å². The van der Waals surface area contributed by atoms with Crippen LogP contribution in [0.3, 0.4) is 0 Å². The lowest BCUT2D eigenvalue weighted by atomic mass is 10.0. The van der Waals surface area contributed by atoms with Gasteiger partial charge in [-0.15, -0.1) is 0 Å². The Morgan fingerprint density at radius 1 is 0.871 bits per heavy atom. The number of amides is 1. The molecule has 1 N–H and O–H groups in total. The van der Waals surface area contributed by atoms with Crippen LogP contribution in [0.4, 0.5) is 0 Å². The van der Waals surface area contributed by atoms with Gasteiger partial charge in [0.05, 0.1) is 13.7 Å². The zero-order valence-corrected chi connectivity index (χ0v) is 19.9. The van der Waals surface area contributed by atoms with Crippen molar-refractivity contribution in [1.82, 2.24) is 5.32 Å². The minimum atomic E-state index is -0.680. The fourth-order valence-corrected chi connectivity index (χ4v) is 3.52. The third kappa shape index (κ3) is 13.1. The van der Waals surface area contributed by atoms with Gasteiger partial charge in [-0.1, -0.05) is 90.0 Å². The van der Waals surface area contributed by atoms with Gasteiger partial charge < -0.3 is 14.8 Å². The maximum Gasteiger partial charge on any atom is 0.328 e. The summed E-state index contributed by atoms with van der Waals surface area (Å²) in [5.74, 6) is -0.107. The van der Waals surface area contributed by atoms with Crippen LogP contribution in [-0.4, -0.2) is 31.6 Å². The van der Waals surface area contributed by atoms with E-state index in [4.69, 9.17) is 9.47 Å². The van der Waals surface area contributed by atoms with Crippen LogP contribution >= 0.6 is 0 Å². The van der Waals surface area contributed by atoms with E-state index in [9.17, 15) is 9.59 Å². The number of carbonyl (C=O) groups excluding carboxylic acids is 2. The van der Waals surface area contributed by atoms with Crippen molar-refractivity contribution in [3.05, 3.63) is 29.8 Å². The van der Waals surface area contributed by atoms with Crippen molar-refractivity contribution in [3.63, 3.8) is 0 Å². The highest BCUT2D eigenvalue weighted by Crippen LogP contribution is 2.13. The van der Waals surface area contributed by atoms with Gasteiger partial charge in [0.25, 0.3) is 5.91 Å². The topological polar surface area (TPSA) is 64.6 Å². The molecular weight excluding hydrogens is 390 g/mol. The van der Waals surface area contributed by atoms with Gasteiger partial charge in [-0.3, -0.25) is 4.79 Å². The van der Waals surface area contributed by atoms with Crippen molar-refractivity contribution in [2.75, 3.05) is 13.7 Å². The van der Waals surface area contributed by atoms with Gasteiger partial charge in [-0.25, -0.2) is 4.79 Å².